The van der Waals surface area contributed by atoms with E-state index in [9.17, 15) is 8.78 Å². The zero-order valence-electron chi connectivity index (χ0n) is 6.67. The van der Waals surface area contributed by atoms with Gasteiger partial charge in [0.05, 0.1) is 13.2 Å². The highest BCUT2D eigenvalue weighted by Crippen LogP contribution is 2.25. The quantitative estimate of drug-likeness (QED) is 0.745. The molecule has 0 spiro atoms. The van der Waals surface area contributed by atoms with Crippen LogP contribution in [0, 0.1) is 0 Å². The predicted molar refractivity (Wildman–Crippen MR) is 38.9 cm³/mol. The van der Waals surface area contributed by atoms with Crippen LogP contribution in [0.2, 0.25) is 0 Å². The fourth-order valence-corrected chi connectivity index (χ4v) is 0.978. The third-order valence-corrected chi connectivity index (χ3v) is 1.48. The molecule has 0 bridgehead atoms. The van der Waals surface area contributed by atoms with E-state index in [2.05, 4.69) is 5.10 Å². The first-order valence-electron chi connectivity index (χ1n) is 3.56. The number of hydrogen-bond acceptors (Lipinski definition) is 2. The Kier molecular flexibility index (Phi) is 2.42. The fraction of sp³-hybridized carbons (Fsp3) is 0.571. The third kappa shape index (κ3) is 1.79. The summed E-state index contributed by atoms with van der Waals surface area (Å²) in [6.45, 7) is 0.717. The largest absolute Gasteiger partial charge is 0.394 e. The van der Waals surface area contributed by atoms with E-state index in [1.165, 1.54) is 12.3 Å². The predicted octanol–water partition coefficient (Wildman–Crippen LogP) is 0.987. The Morgan fingerprint density at radius 1 is 1.67 bits per heavy atom. The van der Waals surface area contributed by atoms with E-state index in [1.807, 2.05) is 0 Å². The zero-order chi connectivity index (χ0) is 9.19. The van der Waals surface area contributed by atoms with E-state index in [-0.39, 0.29) is 18.8 Å². The van der Waals surface area contributed by atoms with Gasteiger partial charge in [-0.05, 0) is 6.07 Å². The second kappa shape index (κ2) is 3.18. The van der Waals surface area contributed by atoms with Crippen LogP contribution in [-0.4, -0.2) is 21.5 Å². The summed E-state index contributed by atoms with van der Waals surface area (Å²) in [7, 11) is 0. The number of aliphatic hydroxyl groups excluding tert-OH is 1. The van der Waals surface area contributed by atoms with Crippen LogP contribution in [0.4, 0.5) is 8.78 Å². The van der Waals surface area contributed by atoms with E-state index in [0.29, 0.717) is 0 Å². The highest BCUT2D eigenvalue weighted by atomic mass is 19.3. The van der Waals surface area contributed by atoms with Crippen molar-refractivity contribution in [3.63, 3.8) is 0 Å². The zero-order valence-corrected chi connectivity index (χ0v) is 6.67. The number of aromatic nitrogens is 2. The standard InChI is InChI=1S/C7H10F2N2O/c1-7(8,9)6-2-3-10-11(6)4-5-12/h2-3,12H,4-5H2,1H3. The van der Waals surface area contributed by atoms with Gasteiger partial charge in [0, 0.05) is 13.1 Å². The lowest BCUT2D eigenvalue weighted by Crippen LogP contribution is -2.17. The second-order valence-electron chi connectivity index (χ2n) is 2.55. The number of hydrogen-bond donors (Lipinski definition) is 1. The van der Waals surface area contributed by atoms with Crippen LogP contribution < -0.4 is 0 Å². The topological polar surface area (TPSA) is 38.0 Å². The summed E-state index contributed by atoms with van der Waals surface area (Å²) in [4.78, 5) is 0. The van der Waals surface area contributed by atoms with Gasteiger partial charge in [-0.25, -0.2) is 0 Å². The highest BCUT2D eigenvalue weighted by Gasteiger charge is 2.28. The van der Waals surface area contributed by atoms with Crippen molar-refractivity contribution in [2.45, 2.75) is 19.4 Å². The van der Waals surface area contributed by atoms with E-state index in [0.717, 1.165) is 11.6 Å². The summed E-state index contributed by atoms with van der Waals surface area (Å²) in [6.07, 6.45) is 1.29. The normalized spacial score (nSPS) is 12.0. The number of rotatable bonds is 3. The molecule has 0 aromatic carbocycles. The number of aliphatic hydroxyl groups is 1. The number of nitrogens with zero attached hydrogens (tertiary/aromatic N) is 2. The minimum Gasteiger partial charge on any atom is -0.394 e. The Morgan fingerprint density at radius 3 is 2.83 bits per heavy atom. The lowest BCUT2D eigenvalue weighted by Gasteiger charge is -2.11. The van der Waals surface area contributed by atoms with Gasteiger partial charge in [-0.1, -0.05) is 0 Å². The lowest BCUT2D eigenvalue weighted by molar-refractivity contribution is 0.00704. The van der Waals surface area contributed by atoms with Crippen molar-refractivity contribution in [2.24, 2.45) is 0 Å². The monoisotopic (exact) mass is 176 g/mol. The molecule has 0 fully saturated rings. The Balaban J connectivity index is 2.91. The maximum absolute atomic E-state index is 12.7. The first-order valence-corrected chi connectivity index (χ1v) is 3.56. The summed E-state index contributed by atoms with van der Waals surface area (Å²) in [5, 5.41) is 12.2. The van der Waals surface area contributed by atoms with Gasteiger partial charge in [0.1, 0.15) is 5.69 Å². The molecule has 0 atom stereocenters. The molecule has 0 aliphatic carbocycles. The average Bonchev–Trinajstić information content (AvgIpc) is 2.34. The van der Waals surface area contributed by atoms with E-state index in [1.54, 1.807) is 0 Å². The summed E-state index contributed by atoms with van der Waals surface area (Å²) >= 11 is 0. The van der Waals surface area contributed by atoms with Gasteiger partial charge >= 0.3 is 0 Å². The van der Waals surface area contributed by atoms with Crippen LogP contribution in [0.1, 0.15) is 12.6 Å². The molecular formula is C7H10F2N2O. The van der Waals surface area contributed by atoms with Gasteiger partial charge in [0.25, 0.3) is 5.92 Å². The van der Waals surface area contributed by atoms with Crippen molar-refractivity contribution in [3.05, 3.63) is 18.0 Å². The molecule has 68 valence electrons. The van der Waals surface area contributed by atoms with Crippen molar-refractivity contribution in [1.82, 2.24) is 9.78 Å². The van der Waals surface area contributed by atoms with Gasteiger partial charge in [-0.15, -0.1) is 0 Å². The molecule has 0 unspecified atom stereocenters. The molecule has 1 heterocycles. The third-order valence-electron chi connectivity index (χ3n) is 1.48. The van der Waals surface area contributed by atoms with Crippen molar-refractivity contribution in [3.8, 4) is 0 Å². The van der Waals surface area contributed by atoms with Gasteiger partial charge in [0.2, 0.25) is 0 Å². The SMILES string of the molecule is CC(F)(F)c1ccnn1CCO. The minimum absolute atomic E-state index is 0.103. The molecule has 1 aromatic rings. The minimum atomic E-state index is -2.90. The smallest absolute Gasteiger partial charge is 0.286 e. The highest BCUT2D eigenvalue weighted by molar-refractivity contribution is 5.06. The summed E-state index contributed by atoms with van der Waals surface area (Å²) in [5.74, 6) is -2.90. The molecule has 0 saturated heterocycles. The Morgan fingerprint density at radius 2 is 2.33 bits per heavy atom. The molecule has 0 amide bonds. The molecular weight excluding hydrogens is 166 g/mol. The fourth-order valence-electron chi connectivity index (χ4n) is 0.978. The number of alkyl halides is 2. The average molecular weight is 176 g/mol. The van der Waals surface area contributed by atoms with Crippen molar-refractivity contribution >= 4 is 0 Å². The van der Waals surface area contributed by atoms with Gasteiger partial charge in [-0.3, -0.25) is 4.68 Å². The number of halogens is 2. The molecule has 1 N–H and O–H groups in total. The second-order valence-corrected chi connectivity index (χ2v) is 2.55. The van der Waals surface area contributed by atoms with Crippen LogP contribution in [0.25, 0.3) is 0 Å². The van der Waals surface area contributed by atoms with Crippen molar-refractivity contribution < 1.29 is 13.9 Å². The summed E-state index contributed by atoms with van der Waals surface area (Å²) in [6, 6.07) is 1.25. The Hall–Kier alpha value is -0.970. The van der Waals surface area contributed by atoms with Gasteiger partial charge in [0.15, 0.2) is 0 Å². The molecule has 12 heavy (non-hydrogen) atoms. The molecule has 0 radical (unpaired) electrons. The van der Waals surface area contributed by atoms with Crippen molar-refractivity contribution in [2.75, 3.05) is 6.61 Å². The first-order chi connectivity index (χ1) is 5.55. The molecule has 3 nitrogen and oxygen atoms in total. The summed E-state index contributed by atoms with van der Waals surface area (Å²) in [5.41, 5.74) is -0.170. The lowest BCUT2D eigenvalue weighted by atomic mass is 10.3. The maximum Gasteiger partial charge on any atom is 0.286 e. The molecule has 1 aromatic heterocycles. The molecule has 5 heteroatoms. The Labute approximate surface area is 68.6 Å². The molecule has 1 rings (SSSR count). The van der Waals surface area contributed by atoms with Crippen LogP contribution >= 0.6 is 0 Å². The van der Waals surface area contributed by atoms with Crippen LogP contribution in [0.15, 0.2) is 12.3 Å². The summed E-state index contributed by atoms with van der Waals surface area (Å²) < 4.78 is 26.6. The maximum atomic E-state index is 12.7. The van der Waals surface area contributed by atoms with E-state index < -0.39 is 5.92 Å². The van der Waals surface area contributed by atoms with Crippen LogP contribution in [0.3, 0.4) is 0 Å². The van der Waals surface area contributed by atoms with Crippen LogP contribution in [-0.2, 0) is 12.5 Å². The first kappa shape index (κ1) is 9.12. The van der Waals surface area contributed by atoms with E-state index >= 15 is 0 Å². The van der Waals surface area contributed by atoms with Crippen molar-refractivity contribution in [1.29, 1.82) is 0 Å². The van der Waals surface area contributed by atoms with E-state index in [4.69, 9.17) is 5.11 Å². The van der Waals surface area contributed by atoms with Gasteiger partial charge < -0.3 is 5.11 Å². The molecule has 0 aliphatic heterocycles. The van der Waals surface area contributed by atoms with Gasteiger partial charge in [-0.2, -0.15) is 13.9 Å². The molecule has 0 aliphatic rings. The molecule has 0 saturated carbocycles. The Bertz CT molecular complexity index is 254. The van der Waals surface area contributed by atoms with Crippen LogP contribution in [0.5, 0.6) is 0 Å².